The Bertz CT molecular complexity index is 308. The van der Waals surface area contributed by atoms with E-state index < -0.39 is 0 Å². The van der Waals surface area contributed by atoms with E-state index in [-0.39, 0.29) is 0 Å². The topological polar surface area (TPSA) is 29.3 Å². The highest BCUT2D eigenvalue weighted by molar-refractivity contribution is 5.39. The minimum Gasteiger partial charge on any atom is -0.399 e. The molecule has 1 aromatic rings. The van der Waals surface area contributed by atoms with Crippen LogP contribution in [-0.4, -0.2) is 25.0 Å². The first-order valence-corrected chi connectivity index (χ1v) is 4.69. The molecule has 0 aliphatic heterocycles. The molecule has 2 N–H and O–H groups in total. The predicted octanol–water partition coefficient (Wildman–Crippen LogP) is 1.38. The van der Waals surface area contributed by atoms with Gasteiger partial charge in [0.05, 0.1) is 6.54 Å². The number of nitrogens with two attached hydrogens (primary N) is 1. The Morgan fingerprint density at radius 3 is 2.57 bits per heavy atom. The van der Waals surface area contributed by atoms with Gasteiger partial charge in [0.1, 0.15) is 0 Å². The summed E-state index contributed by atoms with van der Waals surface area (Å²) in [4.78, 5) is 2.12. The molecule has 0 fully saturated rings. The third-order valence-corrected chi connectivity index (χ3v) is 2.12. The second-order valence-electron chi connectivity index (χ2n) is 3.43. The van der Waals surface area contributed by atoms with Crippen molar-refractivity contribution >= 4 is 5.69 Å². The summed E-state index contributed by atoms with van der Waals surface area (Å²) in [5, 5.41) is 0. The van der Waals surface area contributed by atoms with Crippen LogP contribution in [0, 0.1) is 12.3 Å². The largest absolute Gasteiger partial charge is 0.399 e. The number of nitrogens with zero attached hydrogens (tertiary/aromatic N) is 1. The van der Waals surface area contributed by atoms with Gasteiger partial charge in [-0.15, -0.1) is 6.42 Å². The first-order chi connectivity index (χ1) is 6.72. The monoisotopic (exact) mass is 188 g/mol. The van der Waals surface area contributed by atoms with E-state index in [2.05, 4.69) is 23.0 Å². The van der Waals surface area contributed by atoms with Crippen molar-refractivity contribution in [1.29, 1.82) is 0 Å². The van der Waals surface area contributed by atoms with Gasteiger partial charge in [-0.25, -0.2) is 0 Å². The molecule has 2 nitrogen and oxygen atoms in total. The van der Waals surface area contributed by atoms with Crippen LogP contribution in [0.25, 0.3) is 0 Å². The van der Waals surface area contributed by atoms with E-state index in [0.29, 0.717) is 6.54 Å². The van der Waals surface area contributed by atoms with E-state index in [1.165, 1.54) is 5.56 Å². The van der Waals surface area contributed by atoms with Crippen molar-refractivity contribution in [1.82, 2.24) is 4.90 Å². The summed E-state index contributed by atoms with van der Waals surface area (Å²) in [6, 6.07) is 7.96. The van der Waals surface area contributed by atoms with Crippen molar-refractivity contribution in [2.24, 2.45) is 0 Å². The molecular formula is C12H16N2. The quantitative estimate of drug-likeness (QED) is 0.571. The molecule has 1 rings (SSSR count). The highest BCUT2D eigenvalue weighted by atomic mass is 15.1. The molecule has 0 saturated heterocycles. The third kappa shape index (κ3) is 3.51. The zero-order valence-corrected chi connectivity index (χ0v) is 8.53. The molecule has 0 atom stereocenters. The fraction of sp³-hybridized carbons (Fsp3) is 0.333. The zero-order valence-electron chi connectivity index (χ0n) is 8.53. The lowest BCUT2D eigenvalue weighted by Crippen LogP contribution is -2.21. The van der Waals surface area contributed by atoms with Crippen LogP contribution >= 0.6 is 0 Å². The van der Waals surface area contributed by atoms with Crippen molar-refractivity contribution in [3.05, 3.63) is 29.8 Å². The Balaban J connectivity index is 2.39. The van der Waals surface area contributed by atoms with Gasteiger partial charge in [0.15, 0.2) is 0 Å². The fourth-order valence-electron chi connectivity index (χ4n) is 1.24. The van der Waals surface area contributed by atoms with Gasteiger partial charge in [-0.05, 0) is 31.2 Å². The molecule has 0 aromatic heterocycles. The zero-order chi connectivity index (χ0) is 10.4. The van der Waals surface area contributed by atoms with Gasteiger partial charge in [0.2, 0.25) is 0 Å². The van der Waals surface area contributed by atoms with Crippen LogP contribution in [0.5, 0.6) is 0 Å². The standard InChI is InChI=1S/C12H16N2/c1-3-9-14(2)10-8-11-4-6-12(13)7-5-11/h1,4-7H,8-10,13H2,2H3. The second kappa shape index (κ2) is 5.31. The van der Waals surface area contributed by atoms with Gasteiger partial charge in [0, 0.05) is 12.2 Å². The van der Waals surface area contributed by atoms with Crippen molar-refractivity contribution < 1.29 is 0 Å². The highest BCUT2D eigenvalue weighted by Gasteiger charge is 1.97. The van der Waals surface area contributed by atoms with Gasteiger partial charge in [0.25, 0.3) is 0 Å². The van der Waals surface area contributed by atoms with Crippen LogP contribution in [0.2, 0.25) is 0 Å². The molecule has 2 heteroatoms. The molecule has 14 heavy (non-hydrogen) atoms. The van der Waals surface area contributed by atoms with Crippen molar-refractivity contribution in [3.8, 4) is 12.3 Å². The van der Waals surface area contributed by atoms with E-state index in [1.807, 2.05) is 19.2 Å². The molecule has 0 saturated carbocycles. The first kappa shape index (κ1) is 10.6. The predicted molar refractivity (Wildman–Crippen MR) is 60.9 cm³/mol. The van der Waals surface area contributed by atoms with Crippen molar-refractivity contribution in [3.63, 3.8) is 0 Å². The van der Waals surface area contributed by atoms with Crippen LogP contribution in [0.3, 0.4) is 0 Å². The molecule has 1 aromatic carbocycles. The Morgan fingerprint density at radius 1 is 1.36 bits per heavy atom. The number of hydrogen-bond donors (Lipinski definition) is 1. The van der Waals surface area contributed by atoms with Gasteiger partial charge < -0.3 is 5.73 Å². The molecule has 0 aliphatic rings. The van der Waals surface area contributed by atoms with Crippen LogP contribution in [0.15, 0.2) is 24.3 Å². The van der Waals surface area contributed by atoms with Crippen LogP contribution in [-0.2, 0) is 6.42 Å². The average Bonchev–Trinajstić information content (AvgIpc) is 2.17. The molecular weight excluding hydrogens is 172 g/mol. The maximum atomic E-state index is 5.59. The summed E-state index contributed by atoms with van der Waals surface area (Å²) >= 11 is 0. The SMILES string of the molecule is C#CCN(C)CCc1ccc(N)cc1. The second-order valence-corrected chi connectivity index (χ2v) is 3.43. The summed E-state index contributed by atoms with van der Waals surface area (Å²) in [7, 11) is 2.02. The highest BCUT2D eigenvalue weighted by Crippen LogP contribution is 2.06. The number of nitrogen functional groups attached to an aromatic ring is 1. The Kier molecular flexibility index (Phi) is 4.03. The summed E-state index contributed by atoms with van der Waals surface area (Å²) in [5.74, 6) is 2.62. The minimum atomic E-state index is 0.703. The summed E-state index contributed by atoms with van der Waals surface area (Å²) in [6.45, 7) is 1.68. The van der Waals surface area contributed by atoms with Crippen LogP contribution in [0.1, 0.15) is 5.56 Å². The average molecular weight is 188 g/mol. The van der Waals surface area contributed by atoms with Crippen molar-refractivity contribution in [2.45, 2.75) is 6.42 Å². The maximum Gasteiger partial charge on any atom is 0.0596 e. The molecule has 0 radical (unpaired) electrons. The summed E-state index contributed by atoms with van der Waals surface area (Å²) < 4.78 is 0. The molecule has 0 heterocycles. The third-order valence-electron chi connectivity index (χ3n) is 2.12. The van der Waals surface area contributed by atoms with Gasteiger partial charge >= 0.3 is 0 Å². The molecule has 0 spiro atoms. The lowest BCUT2D eigenvalue weighted by molar-refractivity contribution is 0.381. The van der Waals surface area contributed by atoms with E-state index in [0.717, 1.165) is 18.7 Å². The molecule has 0 amide bonds. The van der Waals surface area contributed by atoms with Crippen LogP contribution < -0.4 is 5.73 Å². The van der Waals surface area contributed by atoms with Crippen LogP contribution in [0.4, 0.5) is 5.69 Å². The van der Waals surface area contributed by atoms with E-state index in [9.17, 15) is 0 Å². The lowest BCUT2D eigenvalue weighted by Gasteiger charge is -2.12. The van der Waals surface area contributed by atoms with Gasteiger partial charge in [-0.3, -0.25) is 4.90 Å². The Hall–Kier alpha value is -1.46. The van der Waals surface area contributed by atoms with Gasteiger partial charge in [-0.2, -0.15) is 0 Å². The fourth-order valence-corrected chi connectivity index (χ4v) is 1.24. The Morgan fingerprint density at radius 2 is 2.00 bits per heavy atom. The number of hydrogen-bond acceptors (Lipinski definition) is 2. The number of terminal acetylenes is 1. The van der Waals surface area contributed by atoms with E-state index >= 15 is 0 Å². The first-order valence-electron chi connectivity index (χ1n) is 4.69. The lowest BCUT2D eigenvalue weighted by atomic mass is 10.1. The number of likely N-dealkylation sites (N-methyl/N-ethyl adjacent to an activating group) is 1. The Labute approximate surface area is 85.7 Å². The molecule has 0 unspecified atom stereocenters. The normalized spacial score (nSPS) is 10.1. The minimum absolute atomic E-state index is 0.703. The smallest absolute Gasteiger partial charge is 0.0596 e. The van der Waals surface area contributed by atoms with Crippen molar-refractivity contribution in [2.75, 3.05) is 25.9 Å². The molecule has 0 bridgehead atoms. The summed E-state index contributed by atoms with van der Waals surface area (Å²) in [6.07, 6.45) is 6.22. The number of anilines is 1. The number of benzene rings is 1. The maximum absolute atomic E-state index is 5.59. The van der Waals surface area contributed by atoms with Gasteiger partial charge in [-0.1, -0.05) is 18.1 Å². The summed E-state index contributed by atoms with van der Waals surface area (Å²) in [5.41, 5.74) is 7.70. The molecule has 0 aliphatic carbocycles. The van der Waals surface area contributed by atoms with E-state index in [1.54, 1.807) is 0 Å². The number of rotatable bonds is 4. The van der Waals surface area contributed by atoms with E-state index in [4.69, 9.17) is 12.2 Å². The molecule has 74 valence electrons.